The lowest BCUT2D eigenvalue weighted by molar-refractivity contribution is -0.147. The summed E-state index contributed by atoms with van der Waals surface area (Å²) in [5.41, 5.74) is 1.29. The van der Waals surface area contributed by atoms with Gasteiger partial charge in [-0.3, -0.25) is 30.0 Å². The van der Waals surface area contributed by atoms with Gasteiger partial charge in [-0.05, 0) is 26.7 Å². The zero-order valence-corrected chi connectivity index (χ0v) is 11.6. The van der Waals surface area contributed by atoms with Gasteiger partial charge < -0.3 is 4.74 Å². The molecule has 2 aliphatic heterocycles. The number of nitrogens with zero attached hydrogens (tertiary/aromatic N) is 1. The van der Waals surface area contributed by atoms with Gasteiger partial charge in [0, 0.05) is 6.54 Å². The third-order valence-electron chi connectivity index (χ3n) is 3.90. The average Bonchev–Trinajstić information content (AvgIpc) is 2.84. The fraction of sp³-hybridized carbons (Fsp3) is 0.750. The van der Waals surface area contributed by atoms with Crippen LogP contribution in [0.3, 0.4) is 0 Å². The van der Waals surface area contributed by atoms with Crippen molar-refractivity contribution in [2.24, 2.45) is 5.84 Å². The van der Waals surface area contributed by atoms with Gasteiger partial charge in [0.2, 0.25) is 11.8 Å². The van der Waals surface area contributed by atoms with Crippen LogP contribution in [0.25, 0.3) is 0 Å². The van der Waals surface area contributed by atoms with Crippen molar-refractivity contribution in [1.82, 2.24) is 15.6 Å². The summed E-state index contributed by atoms with van der Waals surface area (Å²) in [4.78, 5) is 36.5. The number of carbonyl (C=O) groups excluding carboxylic acids is 3. The highest BCUT2D eigenvalue weighted by molar-refractivity contribution is 6.02. The van der Waals surface area contributed by atoms with Gasteiger partial charge in [0.25, 0.3) is 5.91 Å². The molecule has 0 bridgehead atoms. The Balaban J connectivity index is 1.97. The summed E-state index contributed by atoms with van der Waals surface area (Å²) in [6.45, 7) is 4.09. The van der Waals surface area contributed by atoms with Crippen LogP contribution in [0, 0.1) is 0 Å². The molecule has 3 amide bonds. The van der Waals surface area contributed by atoms with Crippen LogP contribution in [0.4, 0.5) is 0 Å². The number of hydrogen-bond donors (Lipinski definition) is 3. The normalized spacial score (nSPS) is 30.1. The fourth-order valence-corrected chi connectivity index (χ4v) is 2.50. The summed E-state index contributed by atoms with van der Waals surface area (Å²) in [5.74, 6) is 4.09. The third-order valence-corrected chi connectivity index (χ3v) is 3.90. The molecule has 8 nitrogen and oxygen atoms in total. The van der Waals surface area contributed by atoms with E-state index in [-0.39, 0.29) is 30.4 Å². The van der Waals surface area contributed by atoms with E-state index in [9.17, 15) is 14.4 Å². The Morgan fingerprint density at radius 3 is 2.85 bits per heavy atom. The van der Waals surface area contributed by atoms with Gasteiger partial charge in [-0.2, -0.15) is 0 Å². The molecule has 20 heavy (non-hydrogen) atoms. The first kappa shape index (κ1) is 14.9. The van der Waals surface area contributed by atoms with Crippen LogP contribution in [-0.4, -0.2) is 53.5 Å². The van der Waals surface area contributed by atoms with Crippen LogP contribution >= 0.6 is 0 Å². The van der Waals surface area contributed by atoms with Gasteiger partial charge in [0.1, 0.15) is 6.10 Å². The number of nitrogens with one attached hydrogen (secondary N) is 2. The van der Waals surface area contributed by atoms with Crippen molar-refractivity contribution < 1.29 is 19.1 Å². The molecular weight excluding hydrogens is 264 g/mol. The highest BCUT2D eigenvalue weighted by atomic mass is 16.5. The van der Waals surface area contributed by atoms with Gasteiger partial charge in [0.05, 0.1) is 18.2 Å². The molecule has 4 N–H and O–H groups in total. The van der Waals surface area contributed by atoms with Crippen molar-refractivity contribution in [2.45, 2.75) is 44.4 Å². The number of carbonyl (C=O) groups is 3. The van der Waals surface area contributed by atoms with Gasteiger partial charge in [-0.1, -0.05) is 0 Å². The first-order valence-corrected chi connectivity index (χ1v) is 6.60. The number of nitrogens with two attached hydrogens (primary N) is 1. The van der Waals surface area contributed by atoms with Crippen LogP contribution in [0.1, 0.15) is 26.7 Å². The minimum atomic E-state index is -0.772. The number of ether oxygens (including phenoxy) is 1. The second-order valence-electron chi connectivity index (χ2n) is 5.65. The minimum absolute atomic E-state index is 0.145. The number of hydrazine groups is 1. The molecule has 0 aromatic heterocycles. The molecule has 2 aliphatic rings. The highest BCUT2D eigenvalue weighted by Gasteiger charge is 2.43. The molecule has 2 atom stereocenters. The van der Waals surface area contributed by atoms with Crippen LogP contribution in [0.15, 0.2) is 0 Å². The van der Waals surface area contributed by atoms with Crippen molar-refractivity contribution in [2.75, 3.05) is 13.1 Å². The topological polar surface area (TPSA) is 114 Å². The maximum Gasteiger partial charge on any atom is 0.263 e. The van der Waals surface area contributed by atoms with E-state index in [1.165, 1.54) is 0 Å². The van der Waals surface area contributed by atoms with E-state index in [1.54, 1.807) is 18.7 Å². The van der Waals surface area contributed by atoms with Crippen LogP contribution < -0.4 is 16.6 Å². The van der Waals surface area contributed by atoms with Gasteiger partial charge in [-0.15, -0.1) is 0 Å². The van der Waals surface area contributed by atoms with Crippen molar-refractivity contribution in [3.63, 3.8) is 0 Å². The van der Waals surface area contributed by atoms with E-state index in [2.05, 4.69) is 10.7 Å². The lowest BCUT2D eigenvalue weighted by Crippen LogP contribution is -2.65. The third kappa shape index (κ3) is 2.82. The Labute approximate surface area is 117 Å². The van der Waals surface area contributed by atoms with Gasteiger partial charge >= 0.3 is 0 Å². The van der Waals surface area contributed by atoms with Crippen molar-refractivity contribution in [3.8, 4) is 0 Å². The lowest BCUT2D eigenvalue weighted by atomic mass is 9.98. The highest BCUT2D eigenvalue weighted by Crippen LogP contribution is 2.25. The van der Waals surface area contributed by atoms with E-state index in [0.29, 0.717) is 19.4 Å². The summed E-state index contributed by atoms with van der Waals surface area (Å²) in [5, 5.41) is 2.32. The maximum absolute atomic E-state index is 11.8. The molecule has 112 valence electrons. The number of amides is 3. The summed E-state index contributed by atoms with van der Waals surface area (Å²) < 4.78 is 5.60. The van der Waals surface area contributed by atoms with E-state index in [1.807, 2.05) is 0 Å². The Morgan fingerprint density at radius 1 is 1.50 bits per heavy atom. The Hall–Kier alpha value is -1.51. The molecule has 0 aromatic carbocycles. The monoisotopic (exact) mass is 284 g/mol. The van der Waals surface area contributed by atoms with Crippen molar-refractivity contribution >= 4 is 17.7 Å². The molecular formula is C12H20N4O4. The molecule has 2 rings (SSSR count). The number of piperazine rings is 1. The Morgan fingerprint density at radius 2 is 2.20 bits per heavy atom. The smallest absolute Gasteiger partial charge is 0.263 e. The fourth-order valence-electron chi connectivity index (χ4n) is 2.50. The van der Waals surface area contributed by atoms with Crippen LogP contribution in [0.2, 0.25) is 0 Å². The summed E-state index contributed by atoms with van der Waals surface area (Å²) >= 11 is 0. The summed E-state index contributed by atoms with van der Waals surface area (Å²) in [7, 11) is 0. The molecule has 8 heteroatoms. The second kappa shape index (κ2) is 5.47. The zero-order chi connectivity index (χ0) is 14.9. The van der Waals surface area contributed by atoms with Crippen LogP contribution in [-0.2, 0) is 19.1 Å². The standard InChI is InChI=1S/C12H20N4O4/c1-12(2)11(19)14-9(17)6-16(12)5-7-3-4-8(20-7)10(18)15-13/h7-8H,3-6,13H2,1-2H3,(H,15,18)(H,14,17,19). The van der Waals surface area contributed by atoms with Crippen molar-refractivity contribution in [3.05, 3.63) is 0 Å². The number of hydrogen-bond acceptors (Lipinski definition) is 6. The van der Waals surface area contributed by atoms with E-state index < -0.39 is 11.6 Å². The van der Waals surface area contributed by atoms with Gasteiger partial charge in [-0.25, -0.2) is 5.84 Å². The first-order chi connectivity index (χ1) is 9.34. The predicted molar refractivity (Wildman–Crippen MR) is 69.0 cm³/mol. The molecule has 2 saturated heterocycles. The zero-order valence-electron chi connectivity index (χ0n) is 11.6. The predicted octanol–water partition coefficient (Wildman–Crippen LogP) is -1.74. The van der Waals surface area contributed by atoms with E-state index in [4.69, 9.17) is 10.6 Å². The molecule has 0 radical (unpaired) electrons. The summed E-state index contributed by atoms with van der Waals surface area (Å²) in [6, 6.07) is 0. The quantitative estimate of drug-likeness (QED) is 0.245. The largest absolute Gasteiger partial charge is 0.364 e. The maximum atomic E-state index is 11.8. The molecule has 0 aliphatic carbocycles. The van der Waals surface area contributed by atoms with Crippen molar-refractivity contribution in [1.29, 1.82) is 0 Å². The van der Waals surface area contributed by atoms with Crippen LogP contribution in [0.5, 0.6) is 0 Å². The number of imide groups is 1. The first-order valence-electron chi connectivity index (χ1n) is 6.60. The minimum Gasteiger partial charge on any atom is -0.364 e. The molecule has 0 spiro atoms. The van der Waals surface area contributed by atoms with E-state index in [0.717, 1.165) is 0 Å². The van der Waals surface area contributed by atoms with Gasteiger partial charge in [0.15, 0.2) is 0 Å². The Kier molecular flexibility index (Phi) is 4.07. The molecule has 2 unspecified atom stereocenters. The lowest BCUT2D eigenvalue weighted by Gasteiger charge is -2.41. The summed E-state index contributed by atoms with van der Waals surface area (Å²) in [6.07, 6.45) is 0.542. The SMILES string of the molecule is CC1(C)C(=O)NC(=O)CN1CC1CCC(C(=O)NN)O1. The molecule has 0 saturated carbocycles. The second-order valence-corrected chi connectivity index (χ2v) is 5.65. The molecule has 2 fully saturated rings. The Bertz CT molecular complexity index is 437. The molecule has 0 aromatic rings. The van der Waals surface area contributed by atoms with E-state index >= 15 is 0 Å². The molecule has 2 heterocycles. The number of rotatable bonds is 3. The average molecular weight is 284 g/mol.